The Morgan fingerprint density at radius 1 is 0.700 bits per heavy atom. The number of hydrogen-bond acceptors (Lipinski definition) is 11. The van der Waals surface area contributed by atoms with Crippen molar-refractivity contribution in [1.82, 2.24) is 34.5 Å². The largest absolute Gasteiger partial charge is 0.368 e. The lowest BCUT2D eigenvalue weighted by Gasteiger charge is -2.05. The van der Waals surface area contributed by atoms with Gasteiger partial charge in [-0.2, -0.15) is 29.9 Å². The second kappa shape index (κ2) is 7.43. The molecule has 4 aromatic rings. The van der Waals surface area contributed by atoms with Crippen LogP contribution in [-0.2, 0) is 7.05 Å². The zero-order chi connectivity index (χ0) is 21.3. The number of nitrogens with zero attached hydrogens (tertiary/aromatic N) is 8. The number of nitrogens with two attached hydrogens (primary N) is 4. The first-order chi connectivity index (χ1) is 14.4. The monoisotopic (exact) mass is 402 g/mol. The van der Waals surface area contributed by atoms with Crippen LogP contribution in [0.3, 0.4) is 0 Å². The molecular weight excluding hydrogens is 384 g/mol. The lowest BCUT2D eigenvalue weighted by atomic mass is 10.2. The van der Waals surface area contributed by atoms with E-state index in [1.807, 2.05) is 48.0 Å². The topological polar surface area (TPSA) is 199 Å². The van der Waals surface area contributed by atoms with Gasteiger partial charge in [0.15, 0.2) is 11.6 Å². The number of aromatic nitrogens is 7. The first-order valence-corrected chi connectivity index (χ1v) is 8.73. The molecule has 8 N–H and O–H groups in total. The Kier molecular flexibility index (Phi) is 4.64. The quantitative estimate of drug-likeness (QED) is 0.354. The predicted molar refractivity (Wildman–Crippen MR) is 114 cm³/mol. The maximum Gasteiger partial charge on any atom is 0.225 e. The van der Waals surface area contributed by atoms with Crippen LogP contribution in [-0.4, -0.2) is 40.7 Å². The molecule has 1 aromatic carbocycles. The minimum Gasteiger partial charge on any atom is -0.368 e. The van der Waals surface area contributed by atoms with E-state index in [1.54, 1.807) is 6.21 Å². The molecule has 0 fully saturated rings. The van der Waals surface area contributed by atoms with Crippen molar-refractivity contribution in [2.45, 2.75) is 0 Å². The summed E-state index contributed by atoms with van der Waals surface area (Å²) in [5.41, 5.74) is 25.6. The molecule has 0 atom stereocenters. The number of nitrogen functional groups attached to an aromatic ring is 4. The van der Waals surface area contributed by atoms with Crippen LogP contribution >= 0.6 is 0 Å². The van der Waals surface area contributed by atoms with Gasteiger partial charge in [-0.1, -0.05) is 0 Å². The van der Waals surface area contributed by atoms with Crippen molar-refractivity contribution in [3.63, 3.8) is 0 Å². The smallest absolute Gasteiger partial charge is 0.225 e. The van der Waals surface area contributed by atoms with Crippen molar-refractivity contribution >= 4 is 35.7 Å². The van der Waals surface area contributed by atoms with Crippen molar-refractivity contribution in [2.24, 2.45) is 12.0 Å². The van der Waals surface area contributed by atoms with E-state index in [0.29, 0.717) is 11.6 Å². The van der Waals surface area contributed by atoms with Gasteiger partial charge >= 0.3 is 0 Å². The summed E-state index contributed by atoms with van der Waals surface area (Å²) in [6.07, 6.45) is 1.73. The van der Waals surface area contributed by atoms with E-state index >= 15 is 0 Å². The van der Waals surface area contributed by atoms with Crippen LogP contribution < -0.4 is 22.9 Å². The molecule has 3 aromatic heterocycles. The molecule has 12 heteroatoms. The average molecular weight is 402 g/mol. The molecule has 3 heterocycles. The van der Waals surface area contributed by atoms with Gasteiger partial charge in [0.2, 0.25) is 23.8 Å². The zero-order valence-electron chi connectivity index (χ0n) is 15.9. The maximum absolute atomic E-state index is 5.65. The van der Waals surface area contributed by atoms with E-state index in [-0.39, 0.29) is 23.8 Å². The first kappa shape index (κ1) is 18.7. The molecule has 12 nitrogen and oxygen atoms in total. The molecule has 0 aliphatic carbocycles. The Morgan fingerprint density at radius 3 is 1.80 bits per heavy atom. The molecule has 30 heavy (non-hydrogen) atoms. The number of rotatable bonds is 4. The Labute approximate surface area is 170 Å². The summed E-state index contributed by atoms with van der Waals surface area (Å²) >= 11 is 0. The number of benzene rings is 1. The summed E-state index contributed by atoms with van der Waals surface area (Å²) in [4.78, 5) is 28.5. The van der Waals surface area contributed by atoms with Gasteiger partial charge in [0.05, 0.1) is 23.3 Å². The van der Waals surface area contributed by atoms with E-state index in [4.69, 9.17) is 22.9 Å². The van der Waals surface area contributed by atoms with Gasteiger partial charge in [-0.3, -0.25) is 4.99 Å². The normalized spacial score (nSPS) is 11.2. The summed E-state index contributed by atoms with van der Waals surface area (Å²) in [7, 11) is 1.87. The minimum atomic E-state index is 0.0655. The molecule has 0 saturated carbocycles. The molecule has 0 unspecified atom stereocenters. The molecule has 0 bridgehead atoms. The summed E-state index contributed by atoms with van der Waals surface area (Å²) in [6, 6.07) is 11.1. The summed E-state index contributed by atoms with van der Waals surface area (Å²) in [6.45, 7) is 0. The van der Waals surface area contributed by atoms with Gasteiger partial charge in [-0.15, -0.1) is 0 Å². The third-order valence-electron chi connectivity index (χ3n) is 4.20. The third kappa shape index (κ3) is 3.82. The first-order valence-electron chi connectivity index (χ1n) is 8.73. The Bertz CT molecular complexity index is 1200. The zero-order valence-corrected chi connectivity index (χ0v) is 15.9. The number of aliphatic imine (C=N–C) groups is 1. The van der Waals surface area contributed by atoms with Gasteiger partial charge in [0, 0.05) is 12.6 Å². The van der Waals surface area contributed by atoms with Crippen LogP contribution in [0.25, 0.3) is 22.9 Å². The van der Waals surface area contributed by atoms with Crippen molar-refractivity contribution < 1.29 is 0 Å². The molecule has 0 aliphatic rings. The molecule has 0 amide bonds. The van der Waals surface area contributed by atoms with Gasteiger partial charge < -0.3 is 27.5 Å². The maximum atomic E-state index is 5.65. The van der Waals surface area contributed by atoms with Crippen LogP contribution in [0.1, 0.15) is 5.69 Å². The summed E-state index contributed by atoms with van der Waals surface area (Å²) in [5.74, 6) is 1.06. The highest BCUT2D eigenvalue weighted by Crippen LogP contribution is 2.22. The minimum absolute atomic E-state index is 0.0655. The van der Waals surface area contributed by atoms with Gasteiger partial charge in [0.25, 0.3) is 0 Å². The van der Waals surface area contributed by atoms with E-state index in [0.717, 1.165) is 22.6 Å². The van der Waals surface area contributed by atoms with Gasteiger partial charge in [-0.25, -0.2) is 0 Å². The number of anilines is 4. The molecule has 0 radical (unpaired) electrons. The molecule has 0 saturated heterocycles. The molecule has 0 spiro atoms. The van der Waals surface area contributed by atoms with E-state index < -0.39 is 0 Å². The van der Waals surface area contributed by atoms with Gasteiger partial charge in [0.1, 0.15) is 0 Å². The Hall–Kier alpha value is -4.61. The van der Waals surface area contributed by atoms with Crippen molar-refractivity contribution in [3.8, 4) is 22.9 Å². The van der Waals surface area contributed by atoms with Crippen molar-refractivity contribution in [1.29, 1.82) is 0 Å². The lowest BCUT2D eigenvalue weighted by molar-refractivity contribution is 0.909. The van der Waals surface area contributed by atoms with Gasteiger partial charge in [-0.05, 0) is 36.4 Å². The van der Waals surface area contributed by atoms with Crippen LogP contribution in [0.2, 0.25) is 0 Å². The predicted octanol–water partition coefficient (Wildman–Crippen LogP) is 0.808. The fraction of sp³-hybridized carbons (Fsp3) is 0.0556. The molecule has 4 rings (SSSR count). The SMILES string of the molecule is Cn1c(/C=N/c2ccc(-c3nc(N)nc(N)n3)cc2)ccc1-c1nc(N)nc(N)n1. The fourth-order valence-electron chi connectivity index (χ4n) is 2.78. The summed E-state index contributed by atoms with van der Waals surface area (Å²) in [5, 5.41) is 0. The molecule has 150 valence electrons. The second-order valence-electron chi connectivity index (χ2n) is 6.26. The summed E-state index contributed by atoms with van der Waals surface area (Å²) < 4.78 is 1.88. The number of hydrogen-bond donors (Lipinski definition) is 4. The Balaban J connectivity index is 1.56. The van der Waals surface area contributed by atoms with Crippen LogP contribution in [0.15, 0.2) is 41.4 Å². The Morgan fingerprint density at radius 2 is 1.23 bits per heavy atom. The highest BCUT2D eigenvalue weighted by Gasteiger charge is 2.11. The van der Waals surface area contributed by atoms with Crippen LogP contribution in [0, 0.1) is 0 Å². The highest BCUT2D eigenvalue weighted by atomic mass is 15.2. The van der Waals surface area contributed by atoms with E-state index in [2.05, 4.69) is 34.9 Å². The van der Waals surface area contributed by atoms with Crippen molar-refractivity contribution in [3.05, 3.63) is 42.1 Å². The average Bonchev–Trinajstić information content (AvgIpc) is 3.06. The lowest BCUT2D eigenvalue weighted by Crippen LogP contribution is -2.06. The van der Waals surface area contributed by atoms with Crippen LogP contribution in [0.5, 0.6) is 0 Å². The molecular formula is C18H18N12. The third-order valence-corrected chi connectivity index (χ3v) is 4.20. The van der Waals surface area contributed by atoms with Crippen molar-refractivity contribution in [2.75, 3.05) is 22.9 Å². The standard InChI is InChI=1S/C18H18N12/c1-30-11(6-7-12(30)14-26-17(21)29-18(22)27-14)8-23-10-4-2-9(3-5-10)13-24-15(19)28-16(20)25-13/h2-8H,1H3,(H4,19,20,24,25,28)(H4,21,22,26,27,29)/b23-8+. The van der Waals surface area contributed by atoms with E-state index in [9.17, 15) is 0 Å². The fourth-order valence-corrected chi connectivity index (χ4v) is 2.78. The molecule has 0 aliphatic heterocycles. The van der Waals surface area contributed by atoms with Crippen LogP contribution in [0.4, 0.5) is 29.5 Å². The van der Waals surface area contributed by atoms with E-state index in [1.165, 1.54) is 0 Å². The highest BCUT2D eigenvalue weighted by molar-refractivity contribution is 5.82. The second-order valence-corrected chi connectivity index (χ2v) is 6.26.